The number of hydrogen-bond donors (Lipinski definition) is 1. The smallest absolute Gasteiger partial charge is 0.297 e. The van der Waals surface area contributed by atoms with Crippen LogP contribution in [0.1, 0.15) is 18.9 Å². The van der Waals surface area contributed by atoms with Crippen LogP contribution in [0.3, 0.4) is 0 Å². The Kier molecular flexibility index (Phi) is 6.44. The van der Waals surface area contributed by atoms with Crippen LogP contribution in [0.4, 0.5) is 0 Å². The molecule has 0 aromatic heterocycles. The van der Waals surface area contributed by atoms with E-state index in [0.717, 1.165) is 5.56 Å². The van der Waals surface area contributed by atoms with Crippen molar-refractivity contribution < 1.29 is 22.4 Å². The lowest BCUT2D eigenvalue weighted by molar-refractivity contribution is 0.0715. The van der Waals surface area contributed by atoms with E-state index in [2.05, 4.69) is 0 Å². The zero-order valence-corrected chi connectivity index (χ0v) is 12.0. The van der Waals surface area contributed by atoms with Crippen LogP contribution in [-0.2, 0) is 19.0 Å². The highest BCUT2D eigenvalue weighted by atomic mass is 32.2. The van der Waals surface area contributed by atoms with Crippen molar-refractivity contribution in [3.63, 3.8) is 0 Å². The first kappa shape index (κ1) is 16.1. The summed E-state index contributed by atoms with van der Waals surface area (Å²) < 4.78 is 33.5. The average molecular weight is 288 g/mol. The fourth-order valence-corrected chi connectivity index (χ4v) is 2.22. The Labute approximate surface area is 114 Å². The number of aliphatic hydroxyl groups excluding tert-OH is 1. The van der Waals surface area contributed by atoms with Gasteiger partial charge in [0, 0.05) is 6.61 Å². The molecule has 1 aromatic carbocycles. The molecule has 0 bridgehead atoms. The van der Waals surface area contributed by atoms with Gasteiger partial charge < -0.3 is 9.84 Å². The zero-order chi connectivity index (χ0) is 14.3. The zero-order valence-electron chi connectivity index (χ0n) is 11.2. The summed E-state index contributed by atoms with van der Waals surface area (Å²) in [7, 11) is -3.71. The first-order valence-corrected chi connectivity index (χ1v) is 7.54. The summed E-state index contributed by atoms with van der Waals surface area (Å²) in [5, 5.41) is 9.00. The quantitative estimate of drug-likeness (QED) is 0.579. The maximum atomic E-state index is 11.8. The lowest BCUT2D eigenvalue weighted by Gasteiger charge is -2.07. The average Bonchev–Trinajstić information content (AvgIpc) is 2.34. The molecular weight excluding hydrogens is 268 g/mol. The molecule has 1 N–H and O–H groups in total. The van der Waals surface area contributed by atoms with E-state index in [9.17, 15) is 8.42 Å². The molecule has 19 heavy (non-hydrogen) atoms. The molecule has 1 atom stereocenters. The van der Waals surface area contributed by atoms with E-state index >= 15 is 0 Å². The van der Waals surface area contributed by atoms with Crippen molar-refractivity contribution >= 4 is 10.1 Å². The van der Waals surface area contributed by atoms with E-state index in [1.807, 2.05) is 6.92 Å². The van der Waals surface area contributed by atoms with E-state index in [1.54, 1.807) is 19.1 Å². The van der Waals surface area contributed by atoms with Crippen molar-refractivity contribution in [3.8, 4) is 0 Å². The number of hydrogen-bond acceptors (Lipinski definition) is 5. The molecule has 0 aliphatic heterocycles. The number of aryl methyl sites for hydroxylation is 1. The minimum atomic E-state index is -3.71. The van der Waals surface area contributed by atoms with Gasteiger partial charge in [-0.1, -0.05) is 17.7 Å². The minimum absolute atomic E-state index is 0.0317. The van der Waals surface area contributed by atoms with Gasteiger partial charge in [0.05, 0.1) is 24.2 Å². The molecule has 1 unspecified atom stereocenters. The summed E-state index contributed by atoms with van der Waals surface area (Å²) in [6.45, 7) is 4.08. The van der Waals surface area contributed by atoms with Gasteiger partial charge in [0.1, 0.15) is 0 Å². The lowest BCUT2D eigenvalue weighted by atomic mass is 10.2. The van der Waals surface area contributed by atoms with Crippen molar-refractivity contribution in [1.29, 1.82) is 0 Å². The van der Waals surface area contributed by atoms with Crippen LogP contribution in [0.2, 0.25) is 0 Å². The predicted octanol–water partition coefficient (Wildman–Crippen LogP) is 1.49. The maximum Gasteiger partial charge on any atom is 0.297 e. The summed E-state index contributed by atoms with van der Waals surface area (Å²) in [6.07, 6.45) is 0.0993. The molecular formula is C13H20O5S. The Hall–Kier alpha value is -0.950. The van der Waals surface area contributed by atoms with Gasteiger partial charge in [-0.3, -0.25) is 4.18 Å². The van der Waals surface area contributed by atoms with Crippen LogP contribution in [0.15, 0.2) is 29.2 Å². The van der Waals surface area contributed by atoms with Gasteiger partial charge in [0.25, 0.3) is 10.1 Å². The summed E-state index contributed by atoms with van der Waals surface area (Å²) in [5.74, 6) is 0. The standard InChI is InChI=1S/C13H20O5S/c1-11-3-5-13(6-4-11)19(15,16)18-10-9-17-8-7-12(2)14/h3-6,12,14H,7-10H2,1-2H3. The second-order valence-electron chi connectivity index (χ2n) is 4.34. The van der Waals surface area contributed by atoms with Crippen LogP contribution in [0, 0.1) is 6.92 Å². The van der Waals surface area contributed by atoms with Crippen molar-refractivity contribution in [3.05, 3.63) is 29.8 Å². The second-order valence-corrected chi connectivity index (χ2v) is 5.95. The Bertz CT molecular complexity index is 464. The fourth-order valence-electron chi connectivity index (χ4n) is 1.33. The second kappa shape index (κ2) is 7.59. The fraction of sp³-hybridized carbons (Fsp3) is 0.538. The molecule has 5 nitrogen and oxygen atoms in total. The normalized spacial score (nSPS) is 13.4. The molecule has 0 heterocycles. The third kappa shape index (κ3) is 6.15. The molecule has 0 fully saturated rings. The van der Waals surface area contributed by atoms with Gasteiger partial charge in [-0.15, -0.1) is 0 Å². The van der Waals surface area contributed by atoms with Gasteiger partial charge in [0.15, 0.2) is 0 Å². The van der Waals surface area contributed by atoms with Gasteiger partial charge >= 0.3 is 0 Å². The summed E-state index contributed by atoms with van der Waals surface area (Å²) in [6, 6.07) is 6.46. The molecule has 0 aliphatic rings. The van der Waals surface area contributed by atoms with Crippen LogP contribution < -0.4 is 0 Å². The van der Waals surface area contributed by atoms with Gasteiger partial charge in [-0.25, -0.2) is 0 Å². The molecule has 0 amide bonds. The number of aliphatic hydroxyl groups is 1. The van der Waals surface area contributed by atoms with E-state index in [4.69, 9.17) is 14.0 Å². The first-order valence-electron chi connectivity index (χ1n) is 6.14. The first-order chi connectivity index (χ1) is 8.92. The molecule has 6 heteroatoms. The maximum absolute atomic E-state index is 11.8. The van der Waals surface area contributed by atoms with E-state index in [0.29, 0.717) is 13.0 Å². The molecule has 1 aromatic rings. The minimum Gasteiger partial charge on any atom is -0.393 e. The topological polar surface area (TPSA) is 72.8 Å². The van der Waals surface area contributed by atoms with Crippen LogP contribution >= 0.6 is 0 Å². The monoisotopic (exact) mass is 288 g/mol. The van der Waals surface area contributed by atoms with Crippen LogP contribution in [0.5, 0.6) is 0 Å². The van der Waals surface area contributed by atoms with Crippen molar-refractivity contribution in [2.75, 3.05) is 19.8 Å². The predicted molar refractivity (Wildman–Crippen MR) is 71.4 cm³/mol. The van der Waals surface area contributed by atoms with E-state index < -0.39 is 16.2 Å². The molecule has 1 rings (SSSR count). The third-order valence-corrected chi connectivity index (χ3v) is 3.78. The Morgan fingerprint density at radius 2 is 1.79 bits per heavy atom. The van der Waals surface area contributed by atoms with Crippen LogP contribution in [0.25, 0.3) is 0 Å². The molecule has 0 radical (unpaired) electrons. The number of benzene rings is 1. The molecule has 108 valence electrons. The van der Waals surface area contributed by atoms with Gasteiger partial charge in [-0.05, 0) is 32.4 Å². The summed E-state index contributed by atoms with van der Waals surface area (Å²) in [5.41, 5.74) is 0.986. The largest absolute Gasteiger partial charge is 0.393 e. The van der Waals surface area contributed by atoms with Crippen molar-refractivity contribution in [2.45, 2.75) is 31.3 Å². The molecule has 0 aliphatic carbocycles. The highest BCUT2D eigenvalue weighted by Crippen LogP contribution is 2.12. The van der Waals surface area contributed by atoms with Gasteiger partial charge in [-0.2, -0.15) is 8.42 Å². The Morgan fingerprint density at radius 1 is 1.16 bits per heavy atom. The lowest BCUT2D eigenvalue weighted by Crippen LogP contribution is -2.13. The number of rotatable bonds is 8. The Morgan fingerprint density at radius 3 is 2.37 bits per heavy atom. The summed E-state index contributed by atoms with van der Waals surface area (Å²) >= 11 is 0. The third-order valence-electron chi connectivity index (χ3n) is 2.46. The molecule has 0 saturated carbocycles. The van der Waals surface area contributed by atoms with E-state index in [-0.39, 0.29) is 18.1 Å². The molecule has 0 saturated heterocycles. The molecule has 0 spiro atoms. The van der Waals surface area contributed by atoms with Crippen LogP contribution in [-0.4, -0.2) is 39.4 Å². The van der Waals surface area contributed by atoms with Crippen molar-refractivity contribution in [1.82, 2.24) is 0 Å². The SMILES string of the molecule is Cc1ccc(S(=O)(=O)OCCOCCC(C)O)cc1. The number of ether oxygens (including phenoxy) is 1. The van der Waals surface area contributed by atoms with E-state index in [1.165, 1.54) is 12.1 Å². The highest BCUT2D eigenvalue weighted by Gasteiger charge is 2.14. The Balaban J connectivity index is 2.33. The van der Waals surface area contributed by atoms with Gasteiger partial charge in [0.2, 0.25) is 0 Å². The van der Waals surface area contributed by atoms with Crippen molar-refractivity contribution in [2.24, 2.45) is 0 Å². The summed E-state index contributed by atoms with van der Waals surface area (Å²) in [4.78, 5) is 0.141. The highest BCUT2D eigenvalue weighted by molar-refractivity contribution is 7.86.